The summed E-state index contributed by atoms with van der Waals surface area (Å²) >= 11 is 0. The monoisotopic (exact) mass is 529 g/mol. The van der Waals surface area contributed by atoms with Crippen molar-refractivity contribution in [2.75, 3.05) is 44.2 Å². The van der Waals surface area contributed by atoms with Crippen LogP contribution in [-0.4, -0.2) is 70.6 Å². The Bertz CT molecular complexity index is 1430. The minimum Gasteiger partial charge on any atom is -0.508 e. The standard InChI is InChI=1S/C30H35N5O4/c1-4-39-29(37)25-20(2)26-27(34-17-15-33(16-18-34)14-13-22-9-6-5-7-10-22)32-30(38)35(28(26)31-21(25)3)23-11-8-12-24(36)19-23/h5-12,19-20,25,36H,4,13-18H2,1-3H3. The molecule has 3 heterocycles. The summed E-state index contributed by atoms with van der Waals surface area (Å²) in [6.45, 7) is 9.91. The number of esters is 1. The third kappa shape index (κ3) is 5.45. The number of aliphatic imine (C=N–C) groups is 1. The maximum Gasteiger partial charge on any atom is 0.355 e. The molecule has 1 N–H and O–H groups in total. The van der Waals surface area contributed by atoms with Gasteiger partial charge >= 0.3 is 11.7 Å². The van der Waals surface area contributed by atoms with Crippen LogP contribution in [0.3, 0.4) is 0 Å². The SMILES string of the molecule is CCOC(=O)C1C(C)=Nc2c(c(N3CCN(CCc4ccccc4)CC3)nc(=O)n2-c2cccc(O)c2)C1C. The first-order valence-corrected chi connectivity index (χ1v) is 13.6. The Kier molecular flexibility index (Phi) is 7.79. The fraction of sp³-hybridized carbons (Fsp3) is 0.400. The van der Waals surface area contributed by atoms with E-state index in [0.717, 1.165) is 31.6 Å². The predicted octanol–water partition coefficient (Wildman–Crippen LogP) is 3.69. The van der Waals surface area contributed by atoms with Gasteiger partial charge in [0.05, 0.1) is 12.3 Å². The molecule has 39 heavy (non-hydrogen) atoms. The second kappa shape index (κ2) is 11.4. The molecule has 2 atom stereocenters. The Labute approximate surface area is 228 Å². The number of rotatable bonds is 7. The Morgan fingerprint density at radius 2 is 1.82 bits per heavy atom. The van der Waals surface area contributed by atoms with Crippen LogP contribution in [0.4, 0.5) is 11.6 Å². The molecule has 2 aliphatic heterocycles. The van der Waals surface area contributed by atoms with Gasteiger partial charge in [-0.3, -0.25) is 9.69 Å². The number of ether oxygens (including phenoxy) is 1. The molecule has 2 aromatic carbocycles. The first-order chi connectivity index (χ1) is 18.9. The van der Waals surface area contributed by atoms with Crippen molar-refractivity contribution in [3.05, 3.63) is 76.2 Å². The van der Waals surface area contributed by atoms with E-state index in [1.165, 1.54) is 16.2 Å². The van der Waals surface area contributed by atoms with Crippen molar-refractivity contribution in [2.24, 2.45) is 10.9 Å². The molecule has 0 bridgehead atoms. The van der Waals surface area contributed by atoms with E-state index in [0.29, 0.717) is 36.1 Å². The number of aromatic nitrogens is 2. The zero-order chi connectivity index (χ0) is 27.5. The zero-order valence-corrected chi connectivity index (χ0v) is 22.7. The predicted molar refractivity (Wildman–Crippen MR) is 152 cm³/mol. The zero-order valence-electron chi connectivity index (χ0n) is 22.7. The number of hydrogen-bond donors (Lipinski definition) is 1. The number of nitrogens with zero attached hydrogens (tertiary/aromatic N) is 5. The van der Waals surface area contributed by atoms with Crippen molar-refractivity contribution < 1.29 is 14.6 Å². The van der Waals surface area contributed by atoms with Crippen molar-refractivity contribution >= 4 is 23.3 Å². The average Bonchev–Trinajstić information content (AvgIpc) is 2.92. The van der Waals surface area contributed by atoms with E-state index in [9.17, 15) is 14.7 Å². The Balaban J connectivity index is 1.49. The quantitative estimate of drug-likeness (QED) is 0.466. The molecule has 3 aromatic rings. The summed E-state index contributed by atoms with van der Waals surface area (Å²) in [4.78, 5) is 40.4. The molecule has 2 unspecified atom stereocenters. The summed E-state index contributed by atoms with van der Waals surface area (Å²) in [6, 6.07) is 16.9. The highest BCUT2D eigenvalue weighted by molar-refractivity contribution is 6.04. The van der Waals surface area contributed by atoms with Gasteiger partial charge in [0, 0.05) is 56.0 Å². The number of fused-ring (bicyclic) bond motifs is 1. The van der Waals surface area contributed by atoms with Gasteiger partial charge in [-0.05, 0) is 38.0 Å². The number of anilines is 1. The summed E-state index contributed by atoms with van der Waals surface area (Å²) in [7, 11) is 0. The highest BCUT2D eigenvalue weighted by Gasteiger charge is 2.40. The molecule has 0 amide bonds. The second-order valence-electron chi connectivity index (χ2n) is 10.1. The molecule has 1 saturated heterocycles. The highest BCUT2D eigenvalue weighted by atomic mass is 16.5. The molecule has 5 rings (SSSR count). The normalized spacial score (nSPS) is 19.4. The lowest BCUT2D eigenvalue weighted by molar-refractivity contribution is -0.146. The molecule has 9 heteroatoms. The lowest BCUT2D eigenvalue weighted by Gasteiger charge is -2.38. The fourth-order valence-corrected chi connectivity index (χ4v) is 5.62. The summed E-state index contributed by atoms with van der Waals surface area (Å²) < 4.78 is 6.82. The summed E-state index contributed by atoms with van der Waals surface area (Å²) in [5, 5.41) is 10.1. The largest absolute Gasteiger partial charge is 0.508 e. The summed E-state index contributed by atoms with van der Waals surface area (Å²) in [5.41, 5.74) is 2.65. The highest BCUT2D eigenvalue weighted by Crippen LogP contribution is 2.43. The van der Waals surface area contributed by atoms with Gasteiger partial charge in [0.1, 0.15) is 23.3 Å². The third-order valence-corrected chi connectivity index (χ3v) is 7.63. The number of carbonyl (C=O) groups is 1. The molecule has 0 spiro atoms. The van der Waals surface area contributed by atoms with Crippen LogP contribution < -0.4 is 10.6 Å². The average molecular weight is 530 g/mol. The van der Waals surface area contributed by atoms with Gasteiger partial charge in [-0.2, -0.15) is 4.98 Å². The van der Waals surface area contributed by atoms with E-state index in [1.807, 2.05) is 13.0 Å². The van der Waals surface area contributed by atoms with E-state index in [-0.39, 0.29) is 24.2 Å². The maximum absolute atomic E-state index is 13.5. The molecule has 1 aromatic heterocycles. The van der Waals surface area contributed by atoms with Crippen LogP contribution in [0, 0.1) is 5.92 Å². The molecule has 204 valence electrons. The van der Waals surface area contributed by atoms with Gasteiger partial charge in [-0.1, -0.05) is 43.3 Å². The van der Waals surface area contributed by atoms with Crippen LogP contribution in [0.15, 0.2) is 64.4 Å². The molecule has 9 nitrogen and oxygen atoms in total. The van der Waals surface area contributed by atoms with Crippen LogP contribution in [0.2, 0.25) is 0 Å². The number of aromatic hydroxyl groups is 1. The van der Waals surface area contributed by atoms with Crippen LogP contribution in [0.5, 0.6) is 5.75 Å². The Hall–Kier alpha value is -3.98. The summed E-state index contributed by atoms with van der Waals surface area (Å²) in [5.74, 6) is -0.138. The minimum absolute atomic E-state index is 0.0396. The smallest absolute Gasteiger partial charge is 0.355 e. The van der Waals surface area contributed by atoms with Gasteiger partial charge in [0.15, 0.2) is 0 Å². The van der Waals surface area contributed by atoms with Gasteiger partial charge in [-0.15, -0.1) is 0 Å². The van der Waals surface area contributed by atoms with Crippen LogP contribution in [-0.2, 0) is 16.0 Å². The van der Waals surface area contributed by atoms with Crippen LogP contribution in [0.25, 0.3) is 5.69 Å². The van der Waals surface area contributed by atoms with Gasteiger partial charge in [0.2, 0.25) is 0 Å². The summed E-state index contributed by atoms with van der Waals surface area (Å²) in [6.07, 6.45) is 0.987. The number of phenolic OH excluding ortho intramolecular Hbond substituents is 1. The van der Waals surface area contributed by atoms with Gasteiger partial charge in [-0.25, -0.2) is 14.4 Å². The molecule has 1 fully saturated rings. The number of hydrogen-bond acceptors (Lipinski definition) is 8. The van der Waals surface area contributed by atoms with Gasteiger partial charge < -0.3 is 14.7 Å². The van der Waals surface area contributed by atoms with E-state index >= 15 is 0 Å². The molecule has 0 aliphatic carbocycles. The van der Waals surface area contributed by atoms with Crippen LogP contribution >= 0.6 is 0 Å². The number of piperazine rings is 1. The molecule has 0 radical (unpaired) electrons. The van der Waals surface area contributed by atoms with Gasteiger partial charge in [0.25, 0.3) is 0 Å². The van der Waals surface area contributed by atoms with E-state index in [4.69, 9.17) is 9.73 Å². The molecular formula is C30H35N5O4. The van der Waals surface area contributed by atoms with Crippen molar-refractivity contribution in [1.29, 1.82) is 0 Å². The van der Waals surface area contributed by atoms with E-state index in [2.05, 4.69) is 39.0 Å². The lowest BCUT2D eigenvalue weighted by Crippen LogP contribution is -2.48. The number of phenols is 1. The van der Waals surface area contributed by atoms with Crippen molar-refractivity contribution in [1.82, 2.24) is 14.5 Å². The Morgan fingerprint density at radius 3 is 2.51 bits per heavy atom. The third-order valence-electron chi connectivity index (χ3n) is 7.63. The van der Waals surface area contributed by atoms with Crippen molar-refractivity contribution in [3.63, 3.8) is 0 Å². The first-order valence-electron chi connectivity index (χ1n) is 13.6. The number of carbonyl (C=O) groups excluding carboxylic acids is 1. The van der Waals surface area contributed by atoms with Crippen LogP contribution in [0.1, 0.15) is 37.8 Å². The molecular weight excluding hydrogens is 494 g/mol. The first kappa shape index (κ1) is 26.6. The molecule has 0 saturated carbocycles. The van der Waals surface area contributed by atoms with E-state index in [1.54, 1.807) is 32.0 Å². The Morgan fingerprint density at radius 1 is 1.08 bits per heavy atom. The van der Waals surface area contributed by atoms with E-state index < -0.39 is 11.6 Å². The van der Waals surface area contributed by atoms with Crippen molar-refractivity contribution in [3.8, 4) is 11.4 Å². The topological polar surface area (TPSA) is 100 Å². The second-order valence-corrected chi connectivity index (χ2v) is 10.1. The van der Waals surface area contributed by atoms with Crippen molar-refractivity contribution in [2.45, 2.75) is 33.1 Å². The fourth-order valence-electron chi connectivity index (χ4n) is 5.62. The minimum atomic E-state index is -0.569. The number of benzene rings is 2. The molecule has 2 aliphatic rings. The lowest BCUT2D eigenvalue weighted by atomic mass is 9.82. The maximum atomic E-state index is 13.5.